The van der Waals surface area contributed by atoms with Gasteiger partial charge in [-0.3, -0.25) is 14.5 Å². The number of esters is 1. The van der Waals surface area contributed by atoms with E-state index in [-0.39, 0.29) is 34.6 Å². The lowest BCUT2D eigenvalue weighted by molar-refractivity contribution is -0.168. The molecule has 3 aromatic rings. The Morgan fingerprint density at radius 1 is 1.30 bits per heavy atom. The van der Waals surface area contributed by atoms with Crippen LogP contribution in [-0.4, -0.2) is 102 Å². The molecule has 3 atom stereocenters. The van der Waals surface area contributed by atoms with Crippen LogP contribution in [0.3, 0.4) is 0 Å². The van der Waals surface area contributed by atoms with Crippen molar-refractivity contribution in [2.24, 2.45) is 5.16 Å². The summed E-state index contributed by atoms with van der Waals surface area (Å²) in [6.45, 7) is 3.02. The highest BCUT2D eigenvalue weighted by Gasteiger charge is 2.55. The Morgan fingerprint density at radius 3 is 2.84 bits per heavy atom. The average molecular weight is 664 g/mol. The van der Waals surface area contributed by atoms with E-state index in [9.17, 15) is 19.2 Å². The number of fused-ring (bicyclic) bond motifs is 2. The van der Waals surface area contributed by atoms with Gasteiger partial charge in [-0.15, -0.1) is 45.1 Å². The summed E-state index contributed by atoms with van der Waals surface area (Å²) in [5, 5.41) is 20.3. The molecule has 5 rings (SSSR count). The highest BCUT2D eigenvalue weighted by atomic mass is 32.2. The van der Waals surface area contributed by atoms with Crippen LogP contribution in [0, 0.1) is 0 Å². The van der Waals surface area contributed by atoms with Crippen molar-refractivity contribution in [1.29, 1.82) is 0 Å². The molecule has 3 N–H and O–H groups in total. The largest absolute Gasteiger partial charge is 0.511 e. The van der Waals surface area contributed by atoms with Gasteiger partial charge < -0.3 is 30.1 Å². The number of anilines is 1. The molecular formula is C24H25N9O8S3. The third-order valence-electron chi connectivity index (χ3n) is 6.02. The van der Waals surface area contributed by atoms with E-state index in [0.717, 1.165) is 11.3 Å². The highest BCUT2D eigenvalue weighted by molar-refractivity contribution is 8.01. The number of nitrogens with one attached hydrogen (secondary N) is 1. The van der Waals surface area contributed by atoms with Crippen molar-refractivity contribution < 1.29 is 38.2 Å². The van der Waals surface area contributed by atoms with Crippen molar-refractivity contribution in [3.05, 3.63) is 40.8 Å². The van der Waals surface area contributed by atoms with E-state index in [2.05, 4.69) is 30.8 Å². The van der Waals surface area contributed by atoms with Gasteiger partial charge in [0.2, 0.25) is 6.29 Å². The van der Waals surface area contributed by atoms with Crippen molar-refractivity contribution in [2.45, 2.75) is 36.6 Å². The summed E-state index contributed by atoms with van der Waals surface area (Å²) in [7, 11) is 1.27. The molecule has 1 unspecified atom stereocenters. The van der Waals surface area contributed by atoms with E-state index in [1.54, 1.807) is 19.1 Å². The summed E-state index contributed by atoms with van der Waals surface area (Å²) in [6, 6.07) is 2.52. The second-order valence-corrected chi connectivity index (χ2v) is 11.9. The minimum atomic E-state index is -1.31. The smallest absolute Gasteiger partial charge is 0.435 e. The zero-order valence-electron chi connectivity index (χ0n) is 23.4. The number of amides is 2. The lowest BCUT2D eigenvalue weighted by atomic mass is 10.0. The number of rotatable bonds is 11. The maximum Gasteiger partial charge on any atom is 0.511 e. The standard InChI is InChI=1S/C24H25N9O8S3/c1-4-39-24(37)41-11(2)40-22(36)18-12(7-42-15-6-5-14-29-26-10-32(14)30-15)8-43-21-17(20(35)33(18)21)28-19(34)16(31-38-3)13-9-44-23(25)27-13/h5-6,9-11,17,21H,4,7-8H2,1-3H3,(H2,25,27)(H,28,34)/b31-16-/t11?,17-,21+/m1/s1. The molecule has 2 aliphatic rings. The zero-order valence-corrected chi connectivity index (χ0v) is 25.8. The summed E-state index contributed by atoms with van der Waals surface area (Å²) in [4.78, 5) is 61.9. The molecule has 1 fully saturated rings. The fourth-order valence-electron chi connectivity index (χ4n) is 4.15. The number of carbonyl (C=O) groups excluding carboxylic acids is 4. The average Bonchev–Trinajstić information content (AvgIpc) is 3.65. The molecule has 0 aromatic carbocycles. The Hall–Kier alpha value is -4.43. The van der Waals surface area contributed by atoms with Crippen LogP contribution in [0.2, 0.25) is 0 Å². The molecule has 0 saturated carbocycles. The van der Waals surface area contributed by atoms with Gasteiger partial charge in [-0.2, -0.15) is 9.61 Å². The molecule has 5 heterocycles. The fraction of sp³-hybridized carbons (Fsp3) is 0.375. The Kier molecular flexibility index (Phi) is 9.49. The number of hydrogen-bond donors (Lipinski definition) is 2. The van der Waals surface area contributed by atoms with Crippen molar-refractivity contribution >= 4 is 75.3 Å². The summed E-state index contributed by atoms with van der Waals surface area (Å²) in [5.41, 5.74) is 6.85. The number of thiazole rings is 1. The van der Waals surface area contributed by atoms with E-state index in [4.69, 9.17) is 24.8 Å². The summed E-state index contributed by atoms with van der Waals surface area (Å²) < 4.78 is 16.6. The topological polar surface area (TPSA) is 215 Å². The molecule has 1 saturated heterocycles. The molecule has 44 heavy (non-hydrogen) atoms. The molecule has 232 valence electrons. The number of aromatic nitrogens is 5. The lowest BCUT2D eigenvalue weighted by Gasteiger charge is -2.49. The van der Waals surface area contributed by atoms with Gasteiger partial charge in [0, 0.05) is 23.8 Å². The molecule has 0 spiro atoms. The van der Waals surface area contributed by atoms with Crippen LogP contribution in [0.15, 0.2) is 45.3 Å². The molecule has 0 bridgehead atoms. The summed E-state index contributed by atoms with van der Waals surface area (Å²) in [6.07, 6.45) is -0.852. The summed E-state index contributed by atoms with van der Waals surface area (Å²) in [5.74, 6) is -1.56. The molecule has 17 nitrogen and oxygen atoms in total. The lowest BCUT2D eigenvalue weighted by Crippen LogP contribution is -2.71. The van der Waals surface area contributed by atoms with Crippen molar-refractivity contribution in [1.82, 2.24) is 35.0 Å². The predicted octanol–water partition coefficient (Wildman–Crippen LogP) is 1.02. The third kappa shape index (κ3) is 6.55. The highest BCUT2D eigenvalue weighted by Crippen LogP contribution is 2.42. The van der Waals surface area contributed by atoms with Gasteiger partial charge in [-0.05, 0) is 24.6 Å². The number of thioether (sulfide) groups is 2. The minimum absolute atomic E-state index is 0.0144. The van der Waals surface area contributed by atoms with Crippen LogP contribution in [-0.2, 0) is 33.4 Å². The monoisotopic (exact) mass is 663 g/mol. The van der Waals surface area contributed by atoms with Crippen molar-refractivity contribution in [3.63, 3.8) is 0 Å². The van der Waals surface area contributed by atoms with Crippen LogP contribution in [0.5, 0.6) is 0 Å². The number of oxime groups is 1. The number of ether oxygens (including phenoxy) is 3. The van der Waals surface area contributed by atoms with Gasteiger partial charge in [0.25, 0.3) is 11.8 Å². The van der Waals surface area contributed by atoms with Gasteiger partial charge in [0.15, 0.2) is 16.5 Å². The number of hydrogen-bond acceptors (Lipinski definition) is 17. The Morgan fingerprint density at radius 2 is 2.11 bits per heavy atom. The first-order chi connectivity index (χ1) is 21.2. The molecule has 2 amide bonds. The van der Waals surface area contributed by atoms with Gasteiger partial charge in [-0.1, -0.05) is 5.16 Å². The first-order valence-corrected chi connectivity index (χ1v) is 15.8. The first kappa shape index (κ1) is 31.0. The Labute approximate surface area is 261 Å². The van der Waals surface area contributed by atoms with E-state index in [1.165, 1.54) is 58.7 Å². The maximum absolute atomic E-state index is 13.5. The molecule has 3 aromatic heterocycles. The second kappa shape index (κ2) is 13.5. The van der Waals surface area contributed by atoms with Gasteiger partial charge in [-0.25, -0.2) is 14.6 Å². The number of nitrogen functional groups attached to an aromatic ring is 1. The molecule has 0 aliphatic carbocycles. The molecule has 20 heteroatoms. The number of nitrogens with two attached hydrogens (primary N) is 1. The van der Waals surface area contributed by atoms with Gasteiger partial charge in [0.1, 0.15) is 41.3 Å². The number of nitrogens with zero attached hydrogens (tertiary/aromatic N) is 7. The fourth-order valence-corrected chi connectivity index (χ4v) is 7.05. The minimum Gasteiger partial charge on any atom is -0.435 e. The van der Waals surface area contributed by atoms with Crippen molar-refractivity contribution in [3.8, 4) is 0 Å². The van der Waals surface area contributed by atoms with Crippen LogP contribution >= 0.6 is 34.9 Å². The molecular weight excluding hydrogens is 639 g/mol. The zero-order chi connectivity index (χ0) is 31.4. The van der Waals surface area contributed by atoms with Crippen LogP contribution < -0.4 is 11.1 Å². The summed E-state index contributed by atoms with van der Waals surface area (Å²) >= 11 is 3.79. The normalized spacial score (nSPS) is 18.8. The number of carbonyl (C=O) groups is 4. The van der Waals surface area contributed by atoms with Gasteiger partial charge in [0.05, 0.1) is 6.61 Å². The van der Waals surface area contributed by atoms with Crippen LogP contribution in [0.1, 0.15) is 19.5 Å². The van der Waals surface area contributed by atoms with E-state index in [1.807, 2.05) is 0 Å². The van der Waals surface area contributed by atoms with E-state index in [0.29, 0.717) is 22.0 Å². The Bertz CT molecular complexity index is 1660. The second-order valence-electron chi connectivity index (χ2n) is 8.87. The van der Waals surface area contributed by atoms with Crippen LogP contribution in [0.4, 0.5) is 9.93 Å². The third-order valence-corrected chi connectivity index (χ3v) is 9.04. The SMILES string of the molecule is CCOC(=O)OC(C)OC(=O)C1=C(CSc2ccc3nncn3n2)CS[C@H]2[C@H](NC(=O)/C(=N\OC)c3csc(N)n3)C(=O)N12. The number of β-lactam (4-membered cyclic amide) rings is 1. The van der Waals surface area contributed by atoms with Crippen molar-refractivity contribution in [2.75, 3.05) is 31.0 Å². The first-order valence-electron chi connectivity index (χ1n) is 12.8. The van der Waals surface area contributed by atoms with Gasteiger partial charge >= 0.3 is 12.1 Å². The Balaban J connectivity index is 1.35. The van der Waals surface area contributed by atoms with E-state index >= 15 is 0 Å². The predicted molar refractivity (Wildman–Crippen MR) is 157 cm³/mol. The van der Waals surface area contributed by atoms with E-state index < -0.39 is 41.6 Å². The molecule has 0 radical (unpaired) electrons. The van der Waals surface area contributed by atoms with Crippen LogP contribution in [0.25, 0.3) is 5.65 Å². The molecule has 2 aliphatic heterocycles. The maximum atomic E-state index is 13.5. The quantitative estimate of drug-likeness (QED) is 0.0731.